The van der Waals surface area contributed by atoms with Crippen LogP contribution in [0.4, 0.5) is 5.82 Å². The van der Waals surface area contributed by atoms with Crippen molar-refractivity contribution in [2.24, 2.45) is 0 Å². The Balaban J connectivity index is 2.74. The van der Waals surface area contributed by atoms with Gasteiger partial charge in [-0.2, -0.15) is 0 Å². The summed E-state index contributed by atoms with van der Waals surface area (Å²) < 4.78 is 0. The van der Waals surface area contributed by atoms with Crippen LogP contribution in [0.25, 0.3) is 0 Å². The first-order valence-electron chi connectivity index (χ1n) is 5.94. The van der Waals surface area contributed by atoms with E-state index in [1.54, 1.807) is 0 Å². The molecule has 0 spiro atoms. The summed E-state index contributed by atoms with van der Waals surface area (Å²) in [5.74, 6) is 1.08. The van der Waals surface area contributed by atoms with E-state index in [9.17, 15) is 0 Å². The maximum Gasteiger partial charge on any atom is 0.131 e. The van der Waals surface area contributed by atoms with Gasteiger partial charge < -0.3 is 10.2 Å². The second-order valence-corrected chi connectivity index (χ2v) is 4.53. The Bertz CT molecular complexity index is 334. The molecule has 3 nitrogen and oxygen atoms in total. The molecule has 0 amide bonds. The molecule has 0 saturated heterocycles. The van der Waals surface area contributed by atoms with Gasteiger partial charge in [0.05, 0.1) is 0 Å². The highest BCUT2D eigenvalue weighted by Crippen LogP contribution is 2.16. The molecule has 0 saturated carbocycles. The van der Waals surface area contributed by atoms with Crippen molar-refractivity contribution in [2.75, 3.05) is 18.5 Å². The predicted octanol–water partition coefficient (Wildman–Crippen LogP) is 2.34. The Hall–Kier alpha value is -1.09. The highest BCUT2D eigenvalue weighted by molar-refractivity contribution is 5.46. The molecule has 1 rings (SSSR count). The van der Waals surface area contributed by atoms with Crippen LogP contribution in [-0.2, 0) is 6.54 Å². The van der Waals surface area contributed by atoms with Gasteiger partial charge in [-0.3, -0.25) is 0 Å². The number of hydrogen-bond donors (Lipinski definition) is 1. The van der Waals surface area contributed by atoms with Crippen LogP contribution in [-0.4, -0.2) is 24.6 Å². The Morgan fingerprint density at radius 2 is 2.12 bits per heavy atom. The van der Waals surface area contributed by atoms with Gasteiger partial charge in [0, 0.05) is 32.4 Å². The molecule has 3 heteroatoms. The van der Waals surface area contributed by atoms with E-state index in [1.165, 1.54) is 11.1 Å². The quantitative estimate of drug-likeness (QED) is 0.827. The molecule has 1 aromatic rings. The normalized spacial score (nSPS) is 10.9. The van der Waals surface area contributed by atoms with Crippen LogP contribution in [0.1, 0.15) is 31.9 Å². The van der Waals surface area contributed by atoms with Gasteiger partial charge >= 0.3 is 0 Å². The van der Waals surface area contributed by atoms with Crippen molar-refractivity contribution in [3.05, 3.63) is 23.4 Å². The molecule has 0 bridgehead atoms. The van der Waals surface area contributed by atoms with Gasteiger partial charge in [0.2, 0.25) is 0 Å². The lowest BCUT2D eigenvalue weighted by Gasteiger charge is -2.18. The van der Waals surface area contributed by atoms with Crippen molar-refractivity contribution >= 4 is 5.82 Å². The molecule has 0 aliphatic rings. The van der Waals surface area contributed by atoms with Crippen molar-refractivity contribution in [3.8, 4) is 0 Å². The number of pyridine rings is 1. The predicted molar refractivity (Wildman–Crippen MR) is 69.9 cm³/mol. The summed E-state index contributed by atoms with van der Waals surface area (Å²) in [5.41, 5.74) is 2.49. The van der Waals surface area contributed by atoms with Gasteiger partial charge in [0.25, 0.3) is 0 Å². The fraction of sp³-hybridized carbons (Fsp3) is 0.615. The summed E-state index contributed by atoms with van der Waals surface area (Å²) in [5, 5.41) is 3.40. The lowest BCUT2D eigenvalue weighted by atomic mass is 10.2. The number of aromatic nitrogens is 1. The Kier molecular flexibility index (Phi) is 4.74. The Labute approximate surface area is 98.9 Å². The average Bonchev–Trinajstić information content (AvgIpc) is 2.25. The SMILES string of the molecule is CCN(C)c1ncc(CNC(C)C)cc1C. The highest BCUT2D eigenvalue weighted by atomic mass is 15.2. The zero-order valence-electron chi connectivity index (χ0n) is 11.0. The minimum absolute atomic E-state index is 0.512. The minimum atomic E-state index is 0.512. The van der Waals surface area contributed by atoms with Crippen LogP contribution >= 0.6 is 0 Å². The summed E-state index contributed by atoms with van der Waals surface area (Å²) in [6.45, 7) is 10.4. The van der Waals surface area contributed by atoms with Crippen LogP contribution in [0.3, 0.4) is 0 Å². The summed E-state index contributed by atoms with van der Waals surface area (Å²) in [6, 6.07) is 2.72. The van der Waals surface area contributed by atoms with E-state index in [0.717, 1.165) is 18.9 Å². The molecule has 0 aliphatic heterocycles. The summed E-state index contributed by atoms with van der Waals surface area (Å²) in [6.07, 6.45) is 1.96. The van der Waals surface area contributed by atoms with Crippen LogP contribution in [0, 0.1) is 6.92 Å². The summed E-state index contributed by atoms with van der Waals surface area (Å²) in [7, 11) is 2.07. The second kappa shape index (κ2) is 5.85. The van der Waals surface area contributed by atoms with E-state index < -0.39 is 0 Å². The van der Waals surface area contributed by atoms with Crippen LogP contribution in [0.15, 0.2) is 12.3 Å². The van der Waals surface area contributed by atoms with Crippen molar-refractivity contribution in [1.29, 1.82) is 0 Å². The Morgan fingerprint density at radius 3 is 2.62 bits per heavy atom. The van der Waals surface area contributed by atoms with Crippen LogP contribution in [0.5, 0.6) is 0 Å². The third kappa shape index (κ3) is 3.49. The molecule has 16 heavy (non-hydrogen) atoms. The van der Waals surface area contributed by atoms with Gasteiger partial charge in [-0.1, -0.05) is 13.8 Å². The fourth-order valence-electron chi connectivity index (χ4n) is 1.59. The molecule has 0 fully saturated rings. The number of rotatable bonds is 5. The first-order chi connectivity index (χ1) is 7.54. The summed E-state index contributed by atoms with van der Waals surface area (Å²) in [4.78, 5) is 6.67. The minimum Gasteiger partial charge on any atom is -0.360 e. The smallest absolute Gasteiger partial charge is 0.131 e. The Morgan fingerprint density at radius 1 is 1.44 bits per heavy atom. The van der Waals surface area contributed by atoms with E-state index in [4.69, 9.17) is 0 Å². The molecule has 90 valence electrons. The fourth-order valence-corrected chi connectivity index (χ4v) is 1.59. The largest absolute Gasteiger partial charge is 0.360 e. The molecule has 0 atom stereocenters. The molecule has 0 aliphatic carbocycles. The maximum absolute atomic E-state index is 4.51. The van der Waals surface area contributed by atoms with Gasteiger partial charge in [-0.05, 0) is 31.0 Å². The van der Waals surface area contributed by atoms with E-state index in [1.807, 2.05) is 6.20 Å². The molecular weight excluding hydrogens is 198 g/mol. The monoisotopic (exact) mass is 221 g/mol. The lowest BCUT2D eigenvalue weighted by Crippen LogP contribution is -2.22. The van der Waals surface area contributed by atoms with E-state index in [-0.39, 0.29) is 0 Å². The van der Waals surface area contributed by atoms with Crippen molar-refractivity contribution in [1.82, 2.24) is 10.3 Å². The van der Waals surface area contributed by atoms with Crippen molar-refractivity contribution in [2.45, 2.75) is 40.3 Å². The first-order valence-corrected chi connectivity index (χ1v) is 5.94. The number of anilines is 1. The van der Waals surface area contributed by atoms with E-state index in [0.29, 0.717) is 6.04 Å². The molecule has 1 aromatic heterocycles. The zero-order chi connectivity index (χ0) is 12.1. The van der Waals surface area contributed by atoms with Gasteiger partial charge in [0.15, 0.2) is 0 Å². The van der Waals surface area contributed by atoms with Crippen molar-refractivity contribution in [3.63, 3.8) is 0 Å². The summed E-state index contributed by atoms with van der Waals surface area (Å²) >= 11 is 0. The second-order valence-electron chi connectivity index (χ2n) is 4.53. The third-order valence-corrected chi connectivity index (χ3v) is 2.66. The van der Waals surface area contributed by atoms with E-state index in [2.05, 4.69) is 56.0 Å². The highest BCUT2D eigenvalue weighted by Gasteiger charge is 2.05. The van der Waals surface area contributed by atoms with E-state index >= 15 is 0 Å². The number of hydrogen-bond acceptors (Lipinski definition) is 3. The lowest BCUT2D eigenvalue weighted by molar-refractivity contribution is 0.587. The topological polar surface area (TPSA) is 28.2 Å². The van der Waals surface area contributed by atoms with Gasteiger partial charge in [-0.15, -0.1) is 0 Å². The van der Waals surface area contributed by atoms with Crippen molar-refractivity contribution < 1.29 is 0 Å². The van der Waals surface area contributed by atoms with Gasteiger partial charge in [0.1, 0.15) is 5.82 Å². The van der Waals surface area contributed by atoms with Crippen LogP contribution in [0.2, 0.25) is 0 Å². The molecular formula is C13H23N3. The molecule has 0 unspecified atom stereocenters. The molecule has 0 radical (unpaired) electrons. The molecule has 1 N–H and O–H groups in total. The third-order valence-electron chi connectivity index (χ3n) is 2.66. The molecule has 0 aromatic carbocycles. The molecule has 1 heterocycles. The average molecular weight is 221 g/mol. The maximum atomic E-state index is 4.51. The van der Waals surface area contributed by atoms with Gasteiger partial charge in [-0.25, -0.2) is 4.98 Å². The first kappa shape index (κ1) is 13.0. The standard InChI is InChI=1S/C13H23N3/c1-6-16(5)13-11(4)7-12(9-15-13)8-14-10(2)3/h7,9-10,14H,6,8H2,1-5H3. The number of aryl methyl sites for hydroxylation is 1. The number of nitrogens with one attached hydrogen (secondary N) is 1. The number of nitrogens with zero attached hydrogens (tertiary/aromatic N) is 2. The zero-order valence-corrected chi connectivity index (χ0v) is 11.0. The van der Waals surface area contributed by atoms with Crippen LogP contribution < -0.4 is 10.2 Å².